The normalized spacial score (nSPS) is 14.9. The summed E-state index contributed by atoms with van der Waals surface area (Å²) in [5, 5.41) is 3.03. The molecule has 2 amide bonds. The monoisotopic (exact) mass is 435 g/mol. The Balaban J connectivity index is 1.41. The molecule has 2 aromatic carbocycles. The van der Waals surface area contributed by atoms with Crippen LogP contribution < -0.4 is 5.32 Å². The number of aryl methyl sites for hydroxylation is 2. The molecule has 0 atom stereocenters. The molecule has 1 saturated heterocycles. The maximum atomic E-state index is 12.7. The predicted octanol–water partition coefficient (Wildman–Crippen LogP) is 4.26. The van der Waals surface area contributed by atoms with Crippen LogP contribution in [0.3, 0.4) is 0 Å². The first-order chi connectivity index (χ1) is 15.3. The SMILES string of the molecule is CCc1ccccc1NC(=O)CN1CCN(C(=O)CCc2ccc(C(C)(C)C)cc2)CC1. The maximum absolute atomic E-state index is 12.7. The number of piperazine rings is 1. The molecule has 5 heteroatoms. The van der Waals surface area contributed by atoms with Crippen LogP contribution in [0, 0.1) is 0 Å². The van der Waals surface area contributed by atoms with Crippen LogP contribution >= 0.6 is 0 Å². The van der Waals surface area contributed by atoms with Gasteiger partial charge in [-0.2, -0.15) is 0 Å². The molecule has 1 N–H and O–H groups in total. The van der Waals surface area contributed by atoms with E-state index in [1.807, 2.05) is 29.2 Å². The lowest BCUT2D eigenvalue weighted by atomic mass is 9.86. The van der Waals surface area contributed by atoms with Crippen molar-refractivity contribution in [3.63, 3.8) is 0 Å². The highest BCUT2D eigenvalue weighted by atomic mass is 16.2. The van der Waals surface area contributed by atoms with Crippen molar-refractivity contribution in [2.75, 3.05) is 38.0 Å². The Morgan fingerprint density at radius 3 is 2.22 bits per heavy atom. The quantitative estimate of drug-likeness (QED) is 0.707. The molecule has 172 valence electrons. The largest absolute Gasteiger partial charge is 0.340 e. The molecule has 1 fully saturated rings. The summed E-state index contributed by atoms with van der Waals surface area (Å²) in [6.45, 7) is 11.9. The fourth-order valence-electron chi connectivity index (χ4n) is 4.08. The molecule has 0 saturated carbocycles. The van der Waals surface area contributed by atoms with Gasteiger partial charge in [-0.05, 0) is 41.0 Å². The number of carbonyl (C=O) groups is 2. The summed E-state index contributed by atoms with van der Waals surface area (Å²) in [5.74, 6) is 0.204. The molecule has 3 rings (SSSR count). The highest BCUT2D eigenvalue weighted by Crippen LogP contribution is 2.22. The van der Waals surface area contributed by atoms with Crippen molar-refractivity contribution in [1.82, 2.24) is 9.80 Å². The Bertz CT molecular complexity index is 907. The van der Waals surface area contributed by atoms with Gasteiger partial charge in [0.25, 0.3) is 0 Å². The topological polar surface area (TPSA) is 52.7 Å². The number of nitrogens with zero attached hydrogens (tertiary/aromatic N) is 2. The van der Waals surface area contributed by atoms with Gasteiger partial charge in [0.1, 0.15) is 0 Å². The predicted molar refractivity (Wildman–Crippen MR) is 131 cm³/mol. The van der Waals surface area contributed by atoms with Gasteiger partial charge in [-0.15, -0.1) is 0 Å². The number of carbonyl (C=O) groups excluding carboxylic acids is 2. The van der Waals surface area contributed by atoms with Crippen LogP contribution in [0.1, 0.15) is 50.8 Å². The van der Waals surface area contributed by atoms with E-state index in [1.54, 1.807) is 0 Å². The Kier molecular flexibility index (Phi) is 8.08. The first-order valence-electron chi connectivity index (χ1n) is 11.7. The van der Waals surface area contributed by atoms with E-state index in [0.717, 1.165) is 37.2 Å². The average Bonchev–Trinajstić information content (AvgIpc) is 2.78. The van der Waals surface area contributed by atoms with Gasteiger partial charge in [-0.1, -0.05) is 70.2 Å². The zero-order valence-corrected chi connectivity index (χ0v) is 20.0. The van der Waals surface area contributed by atoms with Gasteiger partial charge in [-0.25, -0.2) is 0 Å². The van der Waals surface area contributed by atoms with Gasteiger partial charge in [-0.3, -0.25) is 14.5 Å². The van der Waals surface area contributed by atoms with E-state index in [9.17, 15) is 9.59 Å². The third-order valence-electron chi connectivity index (χ3n) is 6.21. The van der Waals surface area contributed by atoms with Gasteiger partial charge in [0.2, 0.25) is 11.8 Å². The van der Waals surface area contributed by atoms with Gasteiger partial charge in [0.05, 0.1) is 6.54 Å². The molecular formula is C27H37N3O2. The van der Waals surface area contributed by atoms with Gasteiger partial charge >= 0.3 is 0 Å². The molecule has 2 aromatic rings. The molecule has 0 radical (unpaired) electrons. The summed E-state index contributed by atoms with van der Waals surface area (Å²) >= 11 is 0. The second kappa shape index (κ2) is 10.8. The van der Waals surface area contributed by atoms with E-state index in [-0.39, 0.29) is 17.2 Å². The number of hydrogen-bond donors (Lipinski definition) is 1. The maximum Gasteiger partial charge on any atom is 0.238 e. The number of anilines is 1. The lowest BCUT2D eigenvalue weighted by molar-refractivity contribution is -0.133. The van der Waals surface area contributed by atoms with E-state index in [4.69, 9.17) is 0 Å². The summed E-state index contributed by atoms with van der Waals surface area (Å²) in [5.41, 5.74) is 4.69. The van der Waals surface area contributed by atoms with E-state index < -0.39 is 0 Å². The minimum Gasteiger partial charge on any atom is -0.340 e. The highest BCUT2D eigenvalue weighted by Gasteiger charge is 2.22. The second-order valence-corrected chi connectivity index (χ2v) is 9.66. The van der Waals surface area contributed by atoms with Crippen molar-refractivity contribution in [2.24, 2.45) is 0 Å². The summed E-state index contributed by atoms with van der Waals surface area (Å²) in [4.78, 5) is 29.2. The van der Waals surface area contributed by atoms with Gasteiger partial charge in [0.15, 0.2) is 0 Å². The number of benzene rings is 2. The summed E-state index contributed by atoms with van der Waals surface area (Å²) < 4.78 is 0. The summed E-state index contributed by atoms with van der Waals surface area (Å²) in [6.07, 6.45) is 2.18. The highest BCUT2D eigenvalue weighted by molar-refractivity contribution is 5.93. The molecule has 1 aliphatic heterocycles. The van der Waals surface area contributed by atoms with Crippen molar-refractivity contribution >= 4 is 17.5 Å². The van der Waals surface area contributed by atoms with E-state index in [0.29, 0.717) is 26.1 Å². The summed E-state index contributed by atoms with van der Waals surface area (Å²) in [6, 6.07) is 16.5. The number of rotatable bonds is 7. The average molecular weight is 436 g/mol. The minimum absolute atomic E-state index is 0.00406. The number of nitrogens with one attached hydrogen (secondary N) is 1. The lowest BCUT2D eigenvalue weighted by Gasteiger charge is -2.34. The van der Waals surface area contributed by atoms with E-state index >= 15 is 0 Å². The minimum atomic E-state index is 0.00406. The van der Waals surface area contributed by atoms with Crippen LogP contribution in [0.15, 0.2) is 48.5 Å². The number of amides is 2. The molecule has 5 nitrogen and oxygen atoms in total. The van der Waals surface area contributed by atoms with Crippen molar-refractivity contribution in [1.29, 1.82) is 0 Å². The first kappa shape index (κ1) is 24.0. The van der Waals surface area contributed by atoms with Crippen molar-refractivity contribution < 1.29 is 9.59 Å². The molecule has 1 heterocycles. The Morgan fingerprint density at radius 2 is 1.59 bits per heavy atom. The van der Waals surface area contributed by atoms with Crippen molar-refractivity contribution in [2.45, 2.75) is 52.4 Å². The Morgan fingerprint density at radius 1 is 0.938 bits per heavy atom. The van der Waals surface area contributed by atoms with E-state index in [1.165, 1.54) is 11.1 Å². The summed E-state index contributed by atoms with van der Waals surface area (Å²) in [7, 11) is 0. The van der Waals surface area contributed by atoms with Crippen LogP contribution in [0.4, 0.5) is 5.69 Å². The van der Waals surface area contributed by atoms with Crippen LogP contribution in [-0.4, -0.2) is 54.3 Å². The molecule has 32 heavy (non-hydrogen) atoms. The Hall–Kier alpha value is -2.66. The first-order valence-corrected chi connectivity index (χ1v) is 11.7. The van der Waals surface area contributed by atoms with Crippen LogP contribution in [0.5, 0.6) is 0 Å². The van der Waals surface area contributed by atoms with Crippen molar-refractivity contribution in [3.8, 4) is 0 Å². The molecule has 0 unspecified atom stereocenters. The Labute approximate surface area is 192 Å². The third kappa shape index (κ3) is 6.67. The molecule has 0 aromatic heterocycles. The van der Waals surface area contributed by atoms with Crippen LogP contribution in [0.2, 0.25) is 0 Å². The molecule has 0 aliphatic carbocycles. The molecule has 1 aliphatic rings. The smallest absolute Gasteiger partial charge is 0.238 e. The molecular weight excluding hydrogens is 398 g/mol. The van der Waals surface area contributed by atoms with E-state index in [2.05, 4.69) is 62.2 Å². The third-order valence-corrected chi connectivity index (χ3v) is 6.21. The van der Waals surface area contributed by atoms with Crippen molar-refractivity contribution in [3.05, 3.63) is 65.2 Å². The van der Waals surface area contributed by atoms with Crippen LogP contribution in [-0.2, 0) is 27.8 Å². The fraction of sp³-hybridized carbons (Fsp3) is 0.481. The second-order valence-electron chi connectivity index (χ2n) is 9.66. The molecule has 0 bridgehead atoms. The van der Waals surface area contributed by atoms with Gasteiger partial charge in [0, 0.05) is 38.3 Å². The lowest BCUT2D eigenvalue weighted by Crippen LogP contribution is -2.50. The zero-order valence-electron chi connectivity index (χ0n) is 20.0. The number of para-hydroxylation sites is 1. The standard InChI is InChI=1S/C27H37N3O2/c1-5-22-8-6-7-9-24(22)28-25(31)20-29-16-18-30(19-17-29)26(32)15-12-21-10-13-23(14-11-21)27(2,3)4/h6-11,13-14H,5,12,15-20H2,1-4H3,(H,28,31). The molecule has 0 spiro atoms. The number of hydrogen-bond acceptors (Lipinski definition) is 3. The fourth-order valence-corrected chi connectivity index (χ4v) is 4.08. The van der Waals surface area contributed by atoms with Gasteiger partial charge < -0.3 is 10.2 Å². The zero-order chi connectivity index (χ0) is 23.1. The van der Waals surface area contributed by atoms with Crippen LogP contribution in [0.25, 0.3) is 0 Å².